The minimum Gasteiger partial charge on any atom is -0.355 e. The maximum atomic E-state index is 11.4. The molecule has 0 fully saturated rings. The standard InChI is InChI=1S/C11H15NO/c1-2-3-9-12-11(13)10-7-5-4-6-8-10/h1,5,7,10H,3-4,6,8-9H2,(H,12,13). The van der Waals surface area contributed by atoms with Crippen molar-refractivity contribution in [3.8, 4) is 12.3 Å². The van der Waals surface area contributed by atoms with Crippen LogP contribution < -0.4 is 5.32 Å². The molecule has 0 spiro atoms. The Morgan fingerprint density at radius 1 is 1.69 bits per heavy atom. The molecule has 0 aromatic rings. The van der Waals surface area contributed by atoms with Crippen molar-refractivity contribution < 1.29 is 4.79 Å². The molecule has 1 aliphatic rings. The molecule has 0 bridgehead atoms. The van der Waals surface area contributed by atoms with E-state index in [-0.39, 0.29) is 11.8 Å². The lowest BCUT2D eigenvalue weighted by molar-refractivity contribution is -0.123. The zero-order chi connectivity index (χ0) is 9.52. The number of nitrogens with one attached hydrogen (secondary N) is 1. The number of rotatable bonds is 3. The first-order chi connectivity index (χ1) is 6.34. The highest BCUT2D eigenvalue weighted by Crippen LogP contribution is 2.16. The van der Waals surface area contributed by atoms with Gasteiger partial charge < -0.3 is 5.32 Å². The summed E-state index contributed by atoms with van der Waals surface area (Å²) in [5.41, 5.74) is 0. The summed E-state index contributed by atoms with van der Waals surface area (Å²) < 4.78 is 0. The fraction of sp³-hybridized carbons (Fsp3) is 0.545. The average molecular weight is 177 g/mol. The molecule has 0 aliphatic heterocycles. The molecule has 1 aliphatic carbocycles. The highest BCUT2D eigenvalue weighted by Gasteiger charge is 2.15. The van der Waals surface area contributed by atoms with Gasteiger partial charge in [0.05, 0.1) is 5.92 Å². The van der Waals surface area contributed by atoms with E-state index < -0.39 is 0 Å². The lowest BCUT2D eigenvalue weighted by Gasteiger charge is -2.15. The minimum atomic E-state index is 0.0755. The zero-order valence-corrected chi connectivity index (χ0v) is 7.75. The lowest BCUT2D eigenvalue weighted by Crippen LogP contribution is -2.31. The van der Waals surface area contributed by atoms with Crippen LogP contribution in [0.4, 0.5) is 0 Å². The van der Waals surface area contributed by atoms with Crippen molar-refractivity contribution in [1.82, 2.24) is 5.32 Å². The molecule has 0 aromatic carbocycles. The van der Waals surface area contributed by atoms with Crippen LogP contribution in [0.1, 0.15) is 25.7 Å². The predicted octanol–water partition coefficient (Wildman–Crippen LogP) is 1.48. The minimum absolute atomic E-state index is 0.0755. The van der Waals surface area contributed by atoms with Crippen LogP contribution in [0.15, 0.2) is 12.2 Å². The van der Waals surface area contributed by atoms with Gasteiger partial charge in [0.2, 0.25) is 5.91 Å². The van der Waals surface area contributed by atoms with Crippen LogP contribution in [0.25, 0.3) is 0 Å². The van der Waals surface area contributed by atoms with Crippen molar-refractivity contribution in [2.75, 3.05) is 6.54 Å². The number of amides is 1. The van der Waals surface area contributed by atoms with Gasteiger partial charge in [-0.2, -0.15) is 0 Å². The second-order valence-electron chi connectivity index (χ2n) is 3.21. The largest absolute Gasteiger partial charge is 0.355 e. The molecular weight excluding hydrogens is 162 g/mol. The van der Waals surface area contributed by atoms with Gasteiger partial charge in [0.1, 0.15) is 0 Å². The molecule has 70 valence electrons. The number of hydrogen-bond acceptors (Lipinski definition) is 1. The third-order valence-electron chi connectivity index (χ3n) is 2.16. The van der Waals surface area contributed by atoms with E-state index >= 15 is 0 Å². The Labute approximate surface area is 79.4 Å². The molecule has 0 saturated heterocycles. The van der Waals surface area contributed by atoms with E-state index in [4.69, 9.17) is 6.42 Å². The topological polar surface area (TPSA) is 29.1 Å². The number of allylic oxidation sites excluding steroid dienone is 1. The molecule has 0 saturated carbocycles. The second-order valence-corrected chi connectivity index (χ2v) is 3.21. The molecule has 13 heavy (non-hydrogen) atoms. The molecule has 2 nitrogen and oxygen atoms in total. The molecule has 0 radical (unpaired) electrons. The quantitative estimate of drug-likeness (QED) is 0.395. The van der Waals surface area contributed by atoms with Crippen LogP contribution in [-0.2, 0) is 4.79 Å². The second kappa shape index (κ2) is 5.42. The first-order valence-electron chi connectivity index (χ1n) is 4.72. The van der Waals surface area contributed by atoms with Gasteiger partial charge >= 0.3 is 0 Å². The Hall–Kier alpha value is -1.23. The number of carbonyl (C=O) groups is 1. The third-order valence-corrected chi connectivity index (χ3v) is 2.16. The molecule has 1 atom stereocenters. The molecule has 2 heteroatoms. The molecule has 1 rings (SSSR count). The van der Waals surface area contributed by atoms with Crippen molar-refractivity contribution in [3.05, 3.63) is 12.2 Å². The van der Waals surface area contributed by atoms with Crippen LogP contribution in [0.5, 0.6) is 0 Å². The van der Waals surface area contributed by atoms with E-state index in [9.17, 15) is 4.79 Å². The summed E-state index contributed by atoms with van der Waals surface area (Å²) in [6, 6.07) is 0. The van der Waals surface area contributed by atoms with Crippen molar-refractivity contribution in [1.29, 1.82) is 0 Å². The highest BCUT2D eigenvalue weighted by molar-refractivity contribution is 5.80. The van der Waals surface area contributed by atoms with Crippen molar-refractivity contribution in [2.24, 2.45) is 5.92 Å². The molecule has 1 N–H and O–H groups in total. The van der Waals surface area contributed by atoms with Gasteiger partial charge in [-0.1, -0.05) is 12.2 Å². The summed E-state index contributed by atoms with van der Waals surface area (Å²) in [6.45, 7) is 0.597. The Morgan fingerprint density at radius 3 is 3.15 bits per heavy atom. The van der Waals surface area contributed by atoms with Crippen LogP contribution in [0.2, 0.25) is 0 Å². The van der Waals surface area contributed by atoms with Gasteiger partial charge in [-0.15, -0.1) is 12.3 Å². The molecule has 1 unspecified atom stereocenters. The first-order valence-corrected chi connectivity index (χ1v) is 4.72. The smallest absolute Gasteiger partial charge is 0.226 e. The average Bonchev–Trinajstić information content (AvgIpc) is 2.19. The monoisotopic (exact) mass is 177 g/mol. The first kappa shape index (κ1) is 9.85. The van der Waals surface area contributed by atoms with Crippen LogP contribution in [0.3, 0.4) is 0 Å². The Bertz CT molecular complexity index is 237. The highest BCUT2D eigenvalue weighted by atomic mass is 16.1. The Morgan fingerprint density at radius 2 is 2.54 bits per heavy atom. The van der Waals surface area contributed by atoms with Crippen molar-refractivity contribution >= 4 is 5.91 Å². The molecule has 0 aromatic heterocycles. The van der Waals surface area contributed by atoms with Gasteiger partial charge in [0.25, 0.3) is 0 Å². The van der Waals surface area contributed by atoms with Crippen LogP contribution in [0, 0.1) is 18.3 Å². The number of terminal acetylenes is 1. The van der Waals surface area contributed by atoms with E-state index in [2.05, 4.69) is 17.3 Å². The van der Waals surface area contributed by atoms with Gasteiger partial charge in [0, 0.05) is 13.0 Å². The van der Waals surface area contributed by atoms with E-state index in [1.54, 1.807) is 0 Å². The lowest BCUT2D eigenvalue weighted by atomic mass is 9.95. The normalized spacial score (nSPS) is 20.7. The maximum Gasteiger partial charge on any atom is 0.226 e. The van der Waals surface area contributed by atoms with Crippen molar-refractivity contribution in [2.45, 2.75) is 25.7 Å². The summed E-state index contributed by atoms with van der Waals surface area (Å²) >= 11 is 0. The summed E-state index contributed by atoms with van der Waals surface area (Å²) in [4.78, 5) is 11.4. The Kier molecular flexibility index (Phi) is 4.11. The summed E-state index contributed by atoms with van der Waals surface area (Å²) in [7, 11) is 0. The van der Waals surface area contributed by atoms with Gasteiger partial charge in [-0.3, -0.25) is 4.79 Å². The van der Waals surface area contributed by atoms with Gasteiger partial charge in [-0.25, -0.2) is 0 Å². The summed E-state index contributed by atoms with van der Waals surface area (Å²) in [6.07, 6.45) is 13.0. The SMILES string of the molecule is C#CCCNC(=O)C1C=CCCC1. The van der Waals surface area contributed by atoms with E-state index in [1.807, 2.05) is 6.08 Å². The van der Waals surface area contributed by atoms with Crippen LogP contribution >= 0.6 is 0 Å². The molecule has 1 amide bonds. The summed E-state index contributed by atoms with van der Waals surface area (Å²) in [5.74, 6) is 2.69. The number of carbonyl (C=O) groups excluding carboxylic acids is 1. The fourth-order valence-electron chi connectivity index (χ4n) is 1.42. The van der Waals surface area contributed by atoms with E-state index in [0.29, 0.717) is 13.0 Å². The molecular formula is C11H15NO. The molecule has 0 heterocycles. The van der Waals surface area contributed by atoms with Crippen LogP contribution in [-0.4, -0.2) is 12.5 Å². The Balaban J connectivity index is 2.26. The van der Waals surface area contributed by atoms with E-state index in [1.165, 1.54) is 0 Å². The zero-order valence-electron chi connectivity index (χ0n) is 7.75. The van der Waals surface area contributed by atoms with Gasteiger partial charge in [0.15, 0.2) is 0 Å². The number of hydrogen-bond donors (Lipinski definition) is 1. The van der Waals surface area contributed by atoms with E-state index in [0.717, 1.165) is 19.3 Å². The summed E-state index contributed by atoms with van der Waals surface area (Å²) in [5, 5.41) is 2.82. The predicted molar refractivity (Wildman–Crippen MR) is 52.9 cm³/mol. The van der Waals surface area contributed by atoms with Crippen molar-refractivity contribution in [3.63, 3.8) is 0 Å². The fourth-order valence-corrected chi connectivity index (χ4v) is 1.42. The van der Waals surface area contributed by atoms with Gasteiger partial charge in [-0.05, 0) is 19.3 Å². The maximum absolute atomic E-state index is 11.4. The third kappa shape index (κ3) is 3.33.